The molecule has 1 unspecified atom stereocenters. The highest BCUT2D eigenvalue weighted by molar-refractivity contribution is 7.98. The normalized spacial score (nSPS) is 12.8. The third kappa shape index (κ3) is 3.80. The number of nitrogens with zero attached hydrogens (tertiary/aromatic N) is 3. The number of rotatable bonds is 5. The average Bonchev–Trinajstić information content (AvgIpc) is 3.48. The topological polar surface area (TPSA) is 118 Å². The van der Waals surface area contributed by atoms with Gasteiger partial charge in [-0.1, -0.05) is 17.7 Å². The van der Waals surface area contributed by atoms with Crippen molar-refractivity contribution in [3.63, 3.8) is 0 Å². The van der Waals surface area contributed by atoms with Crippen LogP contribution in [0.4, 0.5) is 0 Å². The van der Waals surface area contributed by atoms with Crippen molar-refractivity contribution in [3.05, 3.63) is 88.9 Å². The van der Waals surface area contributed by atoms with Gasteiger partial charge < -0.3 is 10.7 Å². The van der Waals surface area contributed by atoms with Crippen LogP contribution in [0.25, 0.3) is 21.9 Å². The number of nitrogens with one attached hydrogen (secondary N) is 1. The van der Waals surface area contributed by atoms with E-state index in [1.54, 1.807) is 66.5 Å². The maximum Gasteiger partial charge on any atom is 0.268 e. The molecule has 0 fully saturated rings. The number of aromatic amines is 1. The van der Waals surface area contributed by atoms with E-state index in [1.807, 2.05) is 26.2 Å². The van der Waals surface area contributed by atoms with E-state index < -0.39 is 16.1 Å². The van der Waals surface area contributed by atoms with Crippen molar-refractivity contribution in [2.45, 2.75) is 29.7 Å². The Labute approximate surface area is 207 Å². The molecular formula is C26H23N5O2S2. The van der Waals surface area contributed by atoms with Crippen molar-refractivity contribution < 1.29 is 8.42 Å². The van der Waals surface area contributed by atoms with Gasteiger partial charge in [0.15, 0.2) is 0 Å². The van der Waals surface area contributed by atoms with Crippen molar-refractivity contribution in [3.8, 4) is 6.07 Å². The van der Waals surface area contributed by atoms with Gasteiger partial charge in [0.25, 0.3) is 10.0 Å². The minimum absolute atomic E-state index is 0.227. The van der Waals surface area contributed by atoms with E-state index in [1.165, 1.54) is 3.97 Å². The number of hydrogen-bond donors (Lipinski definition) is 2. The minimum atomic E-state index is -3.80. The van der Waals surface area contributed by atoms with Gasteiger partial charge in [0.1, 0.15) is 5.82 Å². The van der Waals surface area contributed by atoms with Crippen molar-refractivity contribution >= 4 is 43.7 Å². The first-order valence-corrected chi connectivity index (χ1v) is 13.6. The second-order valence-electron chi connectivity index (χ2n) is 8.44. The van der Waals surface area contributed by atoms with Crippen LogP contribution in [-0.4, -0.2) is 28.6 Å². The number of hydrogen-bond acceptors (Lipinski definition) is 6. The second kappa shape index (κ2) is 8.57. The largest absolute Gasteiger partial charge is 0.340 e. The molecule has 176 valence electrons. The lowest BCUT2D eigenvalue weighted by Crippen LogP contribution is -2.16. The van der Waals surface area contributed by atoms with Crippen LogP contribution in [0, 0.1) is 25.2 Å². The highest BCUT2D eigenvalue weighted by Gasteiger charge is 2.26. The number of thioether (sulfide) groups is 1. The molecule has 2 aromatic heterocycles. The third-order valence-electron chi connectivity index (χ3n) is 6.16. The maximum atomic E-state index is 13.5. The van der Waals surface area contributed by atoms with Crippen LogP contribution in [0.15, 0.2) is 70.6 Å². The molecule has 0 radical (unpaired) electrons. The molecule has 3 N–H and O–H groups in total. The Morgan fingerprint density at radius 2 is 1.86 bits per heavy atom. The Morgan fingerprint density at radius 1 is 1.11 bits per heavy atom. The predicted molar refractivity (Wildman–Crippen MR) is 139 cm³/mol. The Morgan fingerprint density at radius 3 is 2.54 bits per heavy atom. The smallest absolute Gasteiger partial charge is 0.268 e. The summed E-state index contributed by atoms with van der Waals surface area (Å²) in [6.07, 6.45) is 3.56. The molecule has 5 rings (SSSR count). The van der Waals surface area contributed by atoms with Gasteiger partial charge in [0.2, 0.25) is 0 Å². The SMILES string of the molecule is CSc1cc(C)c2c(ccn2S(=O)(=O)c2ccc(C)cc2)c1C(N)c1nc2ccc(C#N)cc2[nH]1. The van der Waals surface area contributed by atoms with Gasteiger partial charge in [-0.15, -0.1) is 11.8 Å². The number of aromatic nitrogens is 3. The summed E-state index contributed by atoms with van der Waals surface area (Å²) in [7, 11) is -3.80. The molecule has 5 aromatic rings. The van der Waals surface area contributed by atoms with E-state index in [0.29, 0.717) is 22.4 Å². The minimum Gasteiger partial charge on any atom is -0.340 e. The summed E-state index contributed by atoms with van der Waals surface area (Å²) in [5.74, 6) is 0.546. The molecule has 2 heterocycles. The second-order valence-corrected chi connectivity index (χ2v) is 11.1. The zero-order valence-electron chi connectivity index (χ0n) is 19.4. The highest BCUT2D eigenvalue weighted by Crippen LogP contribution is 2.38. The number of nitrogens with two attached hydrogens (primary N) is 1. The van der Waals surface area contributed by atoms with Gasteiger partial charge in [-0.2, -0.15) is 5.26 Å². The molecule has 7 nitrogen and oxygen atoms in total. The van der Waals surface area contributed by atoms with E-state index in [4.69, 9.17) is 5.73 Å². The van der Waals surface area contributed by atoms with Crippen molar-refractivity contribution in [2.75, 3.05) is 6.26 Å². The van der Waals surface area contributed by atoms with Crippen LogP contribution in [0.5, 0.6) is 0 Å². The first-order valence-electron chi connectivity index (χ1n) is 10.9. The lowest BCUT2D eigenvalue weighted by molar-refractivity contribution is 0.589. The lowest BCUT2D eigenvalue weighted by atomic mass is 10.00. The monoisotopic (exact) mass is 501 g/mol. The van der Waals surface area contributed by atoms with Crippen molar-refractivity contribution in [2.24, 2.45) is 5.73 Å². The molecule has 1 atom stereocenters. The Hall–Kier alpha value is -3.58. The van der Waals surface area contributed by atoms with Gasteiger partial charge >= 0.3 is 0 Å². The van der Waals surface area contributed by atoms with Gasteiger partial charge in [-0.05, 0) is 73.7 Å². The number of benzene rings is 3. The Kier molecular flexibility index (Phi) is 5.68. The number of nitriles is 1. The van der Waals surface area contributed by atoms with Gasteiger partial charge in [-0.25, -0.2) is 17.4 Å². The molecule has 0 aliphatic heterocycles. The summed E-state index contributed by atoms with van der Waals surface area (Å²) in [5.41, 5.74) is 11.9. The zero-order valence-corrected chi connectivity index (χ0v) is 21.0. The summed E-state index contributed by atoms with van der Waals surface area (Å²) in [6.45, 7) is 3.82. The molecule has 0 saturated heterocycles. The molecule has 0 amide bonds. The number of H-pyrrole nitrogens is 1. The third-order valence-corrected chi connectivity index (χ3v) is 8.63. The van der Waals surface area contributed by atoms with E-state index >= 15 is 0 Å². The summed E-state index contributed by atoms with van der Waals surface area (Å²) in [6, 6.07) is 17.3. The summed E-state index contributed by atoms with van der Waals surface area (Å²) >= 11 is 1.55. The predicted octanol–water partition coefficient (Wildman–Crippen LogP) is 5.01. The van der Waals surface area contributed by atoms with E-state index in [2.05, 4.69) is 16.0 Å². The summed E-state index contributed by atoms with van der Waals surface area (Å²) in [4.78, 5) is 9.08. The van der Waals surface area contributed by atoms with Crippen LogP contribution >= 0.6 is 11.8 Å². The molecule has 35 heavy (non-hydrogen) atoms. The maximum absolute atomic E-state index is 13.5. The van der Waals surface area contributed by atoms with Crippen LogP contribution in [0.3, 0.4) is 0 Å². The van der Waals surface area contributed by atoms with Gasteiger partial charge in [-0.3, -0.25) is 0 Å². The first-order chi connectivity index (χ1) is 16.7. The molecule has 0 saturated carbocycles. The summed E-state index contributed by atoms with van der Waals surface area (Å²) < 4.78 is 28.4. The Bertz CT molecular complexity index is 1740. The molecule has 0 bridgehead atoms. The standard InChI is InChI=1S/C26H23N5O2S2/c1-15-4-7-18(8-5-15)35(32,33)31-11-10-19-23(22(34-3)12-16(2)25(19)31)24(28)26-29-20-9-6-17(14-27)13-21(20)30-26/h4-13,24H,28H2,1-3H3,(H,29,30). The average molecular weight is 502 g/mol. The fourth-order valence-corrected chi connectivity index (χ4v) is 6.55. The van der Waals surface area contributed by atoms with Crippen LogP contribution in [0.1, 0.15) is 34.1 Å². The molecule has 0 spiro atoms. The van der Waals surface area contributed by atoms with Gasteiger partial charge in [0.05, 0.1) is 39.1 Å². The molecule has 0 aliphatic rings. The van der Waals surface area contributed by atoms with Crippen LogP contribution in [0.2, 0.25) is 0 Å². The van der Waals surface area contributed by atoms with Crippen molar-refractivity contribution in [1.29, 1.82) is 5.26 Å². The lowest BCUT2D eigenvalue weighted by Gasteiger charge is -2.18. The fraction of sp³-hybridized carbons (Fsp3) is 0.154. The quantitative estimate of drug-likeness (QED) is 0.327. The van der Waals surface area contributed by atoms with Crippen LogP contribution in [-0.2, 0) is 10.0 Å². The number of fused-ring (bicyclic) bond motifs is 2. The number of imidazole rings is 1. The van der Waals surface area contributed by atoms with Crippen molar-refractivity contribution in [1.82, 2.24) is 13.9 Å². The van der Waals surface area contributed by atoms with Gasteiger partial charge in [0, 0.05) is 16.5 Å². The molecule has 3 aromatic carbocycles. The Balaban J connectivity index is 1.70. The zero-order chi connectivity index (χ0) is 24.9. The molecule has 9 heteroatoms. The number of aryl methyl sites for hydroxylation is 2. The first kappa shape index (κ1) is 23.2. The van der Waals surface area contributed by atoms with E-state index in [-0.39, 0.29) is 4.90 Å². The highest BCUT2D eigenvalue weighted by atomic mass is 32.2. The van der Waals surface area contributed by atoms with Crippen LogP contribution < -0.4 is 5.73 Å². The molecular weight excluding hydrogens is 478 g/mol. The van der Waals surface area contributed by atoms with E-state index in [9.17, 15) is 13.7 Å². The fourth-order valence-electron chi connectivity index (χ4n) is 4.39. The molecule has 0 aliphatic carbocycles. The van der Waals surface area contributed by atoms with E-state index in [0.717, 1.165) is 32.5 Å². The summed E-state index contributed by atoms with van der Waals surface area (Å²) in [5, 5.41) is 9.96.